The predicted molar refractivity (Wildman–Crippen MR) is 93.6 cm³/mol. The van der Waals surface area contributed by atoms with Crippen molar-refractivity contribution >= 4 is 16.8 Å². The van der Waals surface area contributed by atoms with Gasteiger partial charge in [-0.05, 0) is 49.9 Å². The molecule has 25 heavy (non-hydrogen) atoms. The number of fused-ring (bicyclic) bond motifs is 1. The maximum atomic E-state index is 13.9. The number of aromatic nitrogens is 2. The summed E-state index contributed by atoms with van der Waals surface area (Å²) < 4.78 is 13.9. The van der Waals surface area contributed by atoms with Crippen molar-refractivity contribution in [3.8, 4) is 0 Å². The van der Waals surface area contributed by atoms with Crippen molar-refractivity contribution in [1.29, 1.82) is 0 Å². The first kappa shape index (κ1) is 15.7. The molecule has 3 aromatic rings. The molecule has 1 N–H and O–H groups in total. The monoisotopic (exact) mass is 335 g/mol. The SMILES string of the molecule is Cc1cccc([C@@H](NC(=O)c2ccc3cccc(F)c3n2)C2CC2)n1. The number of benzene rings is 1. The van der Waals surface area contributed by atoms with E-state index in [4.69, 9.17) is 0 Å². The van der Waals surface area contributed by atoms with Crippen LogP contribution in [0.4, 0.5) is 4.39 Å². The highest BCUT2D eigenvalue weighted by Gasteiger charge is 2.34. The Bertz CT molecular complexity index is 953. The molecule has 126 valence electrons. The second-order valence-electron chi connectivity index (χ2n) is 6.50. The van der Waals surface area contributed by atoms with E-state index in [0.717, 1.165) is 24.2 Å². The highest BCUT2D eigenvalue weighted by molar-refractivity contribution is 5.95. The van der Waals surface area contributed by atoms with E-state index in [1.54, 1.807) is 24.3 Å². The quantitative estimate of drug-likeness (QED) is 0.785. The van der Waals surface area contributed by atoms with Crippen LogP contribution in [-0.4, -0.2) is 15.9 Å². The molecule has 1 aliphatic rings. The lowest BCUT2D eigenvalue weighted by Gasteiger charge is -2.18. The summed E-state index contributed by atoms with van der Waals surface area (Å²) in [5.41, 5.74) is 2.22. The Labute approximate surface area is 145 Å². The van der Waals surface area contributed by atoms with Gasteiger partial charge >= 0.3 is 0 Å². The van der Waals surface area contributed by atoms with Crippen LogP contribution in [0.25, 0.3) is 10.9 Å². The first-order chi connectivity index (χ1) is 12.1. The molecule has 0 spiro atoms. The van der Waals surface area contributed by atoms with Crippen molar-refractivity contribution < 1.29 is 9.18 Å². The van der Waals surface area contributed by atoms with Gasteiger partial charge in [0.2, 0.25) is 0 Å². The average Bonchev–Trinajstić information content (AvgIpc) is 3.44. The Morgan fingerprint density at radius 3 is 2.68 bits per heavy atom. The molecule has 4 nitrogen and oxygen atoms in total. The zero-order valence-electron chi connectivity index (χ0n) is 13.9. The zero-order valence-corrected chi connectivity index (χ0v) is 13.9. The van der Waals surface area contributed by atoms with E-state index in [-0.39, 0.29) is 23.2 Å². The molecule has 1 fully saturated rings. The van der Waals surface area contributed by atoms with Gasteiger partial charge in [0.15, 0.2) is 0 Å². The van der Waals surface area contributed by atoms with Gasteiger partial charge in [-0.2, -0.15) is 0 Å². The maximum absolute atomic E-state index is 13.9. The molecule has 1 saturated carbocycles. The summed E-state index contributed by atoms with van der Waals surface area (Å²) in [6, 6.07) is 13.8. The summed E-state index contributed by atoms with van der Waals surface area (Å²) in [6.45, 7) is 1.93. The smallest absolute Gasteiger partial charge is 0.270 e. The number of carbonyl (C=O) groups is 1. The summed E-state index contributed by atoms with van der Waals surface area (Å²) in [6.07, 6.45) is 2.14. The van der Waals surface area contributed by atoms with Gasteiger partial charge < -0.3 is 5.32 Å². The van der Waals surface area contributed by atoms with E-state index in [1.165, 1.54) is 6.07 Å². The lowest BCUT2D eigenvalue weighted by Crippen LogP contribution is -2.31. The van der Waals surface area contributed by atoms with Gasteiger partial charge in [0, 0.05) is 11.1 Å². The number of nitrogens with zero attached hydrogens (tertiary/aromatic N) is 2. The van der Waals surface area contributed by atoms with E-state index in [0.29, 0.717) is 11.3 Å². The number of halogens is 1. The number of para-hydroxylation sites is 1. The molecule has 1 aliphatic carbocycles. The largest absolute Gasteiger partial charge is 0.342 e. The molecular formula is C20H18FN3O. The minimum atomic E-state index is -0.425. The number of carbonyl (C=O) groups excluding carboxylic acids is 1. The van der Waals surface area contributed by atoms with E-state index in [9.17, 15) is 9.18 Å². The van der Waals surface area contributed by atoms with Crippen LogP contribution in [0.5, 0.6) is 0 Å². The third-order valence-corrected chi connectivity index (χ3v) is 4.51. The molecule has 0 bridgehead atoms. The first-order valence-electron chi connectivity index (χ1n) is 8.41. The summed E-state index contributed by atoms with van der Waals surface area (Å²) >= 11 is 0. The Kier molecular flexibility index (Phi) is 3.92. The van der Waals surface area contributed by atoms with Crippen LogP contribution in [-0.2, 0) is 0 Å². The minimum absolute atomic E-state index is 0.134. The van der Waals surface area contributed by atoms with Crippen LogP contribution in [0, 0.1) is 18.7 Å². The second-order valence-corrected chi connectivity index (χ2v) is 6.50. The summed E-state index contributed by atoms with van der Waals surface area (Å²) in [7, 11) is 0. The first-order valence-corrected chi connectivity index (χ1v) is 8.41. The minimum Gasteiger partial charge on any atom is -0.342 e. The molecular weight excluding hydrogens is 317 g/mol. The fourth-order valence-corrected chi connectivity index (χ4v) is 3.05. The molecule has 0 aliphatic heterocycles. The number of nitrogens with one attached hydrogen (secondary N) is 1. The molecule has 0 radical (unpaired) electrons. The van der Waals surface area contributed by atoms with Gasteiger partial charge in [-0.3, -0.25) is 9.78 Å². The van der Waals surface area contributed by atoms with Crippen LogP contribution in [0.1, 0.15) is 40.8 Å². The second kappa shape index (κ2) is 6.24. The Hall–Kier alpha value is -2.82. The third kappa shape index (κ3) is 3.22. The van der Waals surface area contributed by atoms with Gasteiger partial charge in [0.05, 0.1) is 11.7 Å². The van der Waals surface area contributed by atoms with Gasteiger partial charge in [0.1, 0.15) is 17.0 Å². The summed E-state index contributed by atoms with van der Waals surface area (Å²) in [4.78, 5) is 21.4. The molecule has 4 rings (SSSR count). The lowest BCUT2D eigenvalue weighted by molar-refractivity contribution is 0.0926. The average molecular weight is 335 g/mol. The molecule has 2 aromatic heterocycles. The number of aryl methyl sites for hydroxylation is 1. The third-order valence-electron chi connectivity index (χ3n) is 4.51. The summed E-state index contributed by atoms with van der Waals surface area (Å²) in [5, 5.41) is 3.71. The Morgan fingerprint density at radius 2 is 1.92 bits per heavy atom. The van der Waals surface area contributed by atoms with E-state index >= 15 is 0 Å². The molecule has 1 aromatic carbocycles. The number of pyridine rings is 2. The normalized spacial score (nSPS) is 15.1. The topological polar surface area (TPSA) is 54.9 Å². The van der Waals surface area contributed by atoms with Crippen molar-refractivity contribution in [3.63, 3.8) is 0 Å². The van der Waals surface area contributed by atoms with Gasteiger partial charge in [0.25, 0.3) is 5.91 Å². The Balaban J connectivity index is 1.63. The zero-order chi connectivity index (χ0) is 17.4. The molecule has 0 saturated heterocycles. The molecule has 2 heterocycles. The highest BCUT2D eigenvalue weighted by Crippen LogP contribution is 2.40. The molecule has 5 heteroatoms. The molecule has 0 unspecified atom stereocenters. The van der Waals surface area contributed by atoms with Gasteiger partial charge in [-0.25, -0.2) is 9.37 Å². The van der Waals surface area contributed by atoms with Gasteiger partial charge in [-0.1, -0.05) is 24.3 Å². The van der Waals surface area contributed by atoms with Crippen molar-refractivity contribution in [1.82, 2.24) is 15.3 Å². The van der Waals surface area contributed by atoms with Crippen LogP contribution >= 0.6 is 0 Å². The van der Waals surface area contributed by atoms with Crippen molar-refractivity contribution in [3.05, 3.63) is 71.4 Å². The molecule has 1 atom stereocenters. The van der Waals surface area contributed by atoms with Crippen LogP contribution in [0.2, 0.25) is 0 Å². The Morgan fingerprint density at radius 1 is 1.12 bits per heavy atom. The summed E-state index contributed by atoms with van der Waals surface area (Å²) in [5.74, 6) is -0.327. The van der Waals surface area contributed by atoms with Crippen LogP contribution in [0.15, 0.2) is 48.5 Å². The van der Waals surface area contributed by atoms with E-state index in [2.05, 4.69) is 15.3 Å². The number of hydrogen-bond acceptors (Lipinski definition) is 3. The number of hydrogen-bond donors (Lipinski definition) is 1. The van der Waals surface area contributed by atoms with Crippen LogP contribution < -0.4 is 5.32 Å². The van der Waals surface area contributed by atoms with E-state index < -0.39 is 5.82 Å². The maximum Gasteiger partial charge on any atom is 0.270 e. The van der Waals surface area contributed by atoms with Gasteiger partial charge in [-0.15, -0.1) is 0 Å². The van der Waals surface area contributed by atoms with Crippen molar-refractivity contribution in [2.75, 3.05) is 0 Å². The standard InChI is InChI=1S/C20H18FN3O/c1-12-4-2-7-16(22-12)19(14-8-9-14)24-20(25)17-11-10-13-5-3-6-15(21)18(13)23-17/h2-7,10-11,14,19H,8-9H2,1H3,(H,24,25)/t19-/m0/s1. The van der Waals surface area contributed by atoms with E-state index in [1.807, 2.05) is 25.1 Å². The predicted octanol–water partition coefficient (Wildman–Crippen LogP) is 3.96. The van der Waals surface area contributed by atoms with Crippen molar-refractivity contribution in [2.45, 2.75) is 25.8 Å². The lowest BCUT2D eigenvalue weighted by atomic mass is 10.1. The fraction of sp³-hybridized carbons (Fsp3) is 0.250. The molecule has 1 amide bonds. The van der Waals surface area contributed by atoms with Crippen molar-refractivity contribution in [2.24, 2.45) is 5.92 Å². The number of amides is 1. The van der Waals surface area contributed by atoms with Crippen LogP contribution in [0.3, 0.4) is 0 Å². The number of rotatable bonds is 4. The fourth-order valence-electron chi connectivity index (χ4n) is 3.05. The highest BCUT2D eigenvalue weighted by atomic mass is 19.1.